The van der Waals surface area contributed by atoms with Gasteiger partial charge in [-0.05, 0) is 62.4 Å². The number of aliphatic hydroxyl groups is 1. The van der Waals surface area contributed by atoms with Gasteiger partial charge in [0.1, 0.15) is 17.7 Å². The highest BCUT2D eigenvalue weighted by Gasteiger charge is 2.42. The number of hydrogen-bond acceptors (Lipinski definition) is 9. The predicted molar refractivity (Wildman–Crippen MR) is 191 cm³/mol. The number of nitrogens with zero attached hydrogens (tertiary/aromatic N) is 1. The number of methoxy groups -OCH3 is 1. The fraction of sp³-hybridized carbons (Fsp3) is 0.475. The van der Waals surface area contributed by atoms with Crippen molar-refractivity contribution < 1.29 is 38.4 Å². The van der Waals surface area contributed by atoms with E-state index in [0.29, 0.717) is 13.0 Å². The van der Waals surface area contributed by atoms with Crippen molar-refractivity contribution in [2.45, 2.75) is 96.3 Å². The molecule has 0 saturated carbocycles. The quantitative estimate of drug-likeness (QED) is 0.213. The lowest BCUT2D eigenvalue weighted by molar-refractivity contribution is -0.276. The maximum atomic E-state index is 13.1. The Morgan fingerprint density at radius 1 is 0.922 bits per heavy atom. The number of nitrogens with one attached hydrogen (secondary N) is 2. The molecule has 3 N–H and O–H groups in total. The lowest BCUT2D eigenvalue weighted by Gasteiger charge is -2.43. The minimum atomic E-state index is -0.830. The smallest absolute Gasteiger partial charge is 0.328 e. The third-order valence-corrected chi connectivity index (χ3v) is 9.36. The van der Waals surface area contributed by atoms with Gasteiger partial charge in [-0.2, -0.15) is 0 Å². The number of likely N-dealkylation sites (tertiary alicyclic amines) is 1. The second-order valence-electron chi connectivity index (χ2n) is 14.3. The molecule has 0 bridgehead atoms. The van der Waals surface area contributed by atoms with E-state index in [1.807, 2.05) is 99.6 Å². The number of carbonyl (C=O) groups excluding carboxylic acids is 3. The molecule has 274 valence electrons. The Morgan fingerprint density at radius 2 is 1.59 bits per heavy atom. The molecule has 2 saturated heterocycles. The summed E-state index contributed by atoms with van der Waals surface area (Å²) in [6.45, 7) is 9.27. The van der Waals surface area contributed by atoms with Crippen LogP contribution in [0.25, 0.3) is 0 Å². The SMILES string of the molecule is COC(=O)C(Cc1ccccc1)NC(=O)NCc1ccc(C2OC(CN3CCCC3C(=O)OC(C)(C)C)C(C)C(c3ccc(CO)cc3)O2)cc1. The van der Waals surface area contributed by atoms with Gasteiger partial charge in [-0.1, -0.05) is 85.8 Å². The van der Waals surface area contributed by atoms with Gasteiger partial charge in [-0.15, -0.1) is 0 Å². The van der Waals surface area contributed by atoms with Crippen LogP contribution in [0.1, 0.15) is 80.7 Å². The molecule has 2 heterocycles. The minimum Gasteiger partial charge on any atom is -0.467 e. The van der Waals surface area contributed by atoms with Gasteiger partial charge in [0.05, 0.1) is 25.9 Å². The molecule has 51 heavy (non-hydrogen) atoms. The molecule has 3 aromatic rings. The summed E-state index contributed by atoms with van der Waals surface area (Å²) in [6.07, 6.45) is 0.723. The number of hydrogen-bond donors (Lipinski definition) is 3. The second kappa shape index (κ2) is 17.3. The summed E-state index contributed by atoms with van der Waals surface area (Å²) < 4.78 is 23.9. The molecule has 6 unspecified atom stereocenters. The van der Waals surface area contributed by atoms with Gasteiger partial charge in [0.15, 0.2) is 6.29 Å². The molecular weight excluding hydrogens is 650 g/mol. The van der Waals surface area contributed by atoms with Crippen LogP contribution in [0.2, 0.25) is 0 Å². The normalized spacial score (nSPS) is 22.9. The molecule has 11 nitrogen and oxygen atoms in total. The van der Waals surface area contributed by atoms with E-state index in [1.165, 1.54) is 7.11 Å². The first kappa shape index (κ1) is 38.0. The third kappa shape index (κ3) is 10.4. The first-order valence-corrected chi connectivity index (χ1v) is 17.7. The molecule has 11 heteroatoms. The van der Waals surface area contributed by atoms with E-state index in [0.717, 1.165) is 47.2 Å². The van der Waals surface area contributed by atoms with Gasteiger partial charge < -0.3 is 34.7 Å². The number of amides is 2. The topological polar surface area (TPSA) is 136 Å². The number of rotatable bonds is 12. The van der Waals surface area contributed by atoms with Crippen LogP contribution in [0.4, 0.5) is 4.79 Å². The van der Waals surface area contributed by atoms with Crippen LogP contribution in [0.3, 0.4) is 0 Å². The zero-order chi connectivity index (χ0) is 36.5. The van der Waals surface area contributed by atoms with Crippen molar-refractivity contribution in [2.75, 3.05) is 20.2 Å². The fourth-order valence-corrected chi connectivity index (χ4v) is 6.61. The first-order valence-electron chi connectivity index (χ1n) is 17.7. The second-order valence-corrected chi connectivity index (χ2v) is 14.3. The monoisotopic (exact) mass is 701 g/mol. The lowest BCUT2D eigenvalue weighted by Crippen LogP contribution is -2.48. The molecule has 2 amide bonds. The van der Waals surface area contributed by atoms with Gasteiger partial charge in [0, 0.05) is 31.0 Å². The van der Waals surface area contributed by atoms with Gasteiger partial charge in [0.25, 0.3) is 0 Å². The Labute approximate surface area is 300 Å². The maximum Gasteiger partial charge on any atom is 0.328 e. The summed E-state index contributed by atoms with van der Waals surface area (Å²) in [6, 6.07) is 23.2. The molecule has 5 rings (SSSR count). The Balaban J connectivity index is 1.26. The average Bonchev–Trinajstić information content (AvgIpc) is 3.59. The summed E-state index contributed by atoms with van der Waals surface area (Å²) in [4.78, 5) is 40.5. The molecule has 0 aromatic heterocycles. The van der Waals surface area contributed by atoms with Gasteiger partial charge >= 0.3 is 18.0 Å². The molecule has 3 aromatic carbocycles. The van der Waals surface area contributed by atoms with E-state index in [2.05, 4.69) is 22.5 Å². The Kier molecular flexibility index (Phi) is 12.9. The number of carbonyl (C=O) groups is 3. The molecule has 2 aliphatic heterocycles. The van der Waals surface area contributed by atoms with Crippen LogP contribution in [-0.4, -0.2) is 72.0 Å². The fourth-order valence-electron chi connectivity index (χ4n) is 6.61. The number of urea groups is 1. The predicted octanol–water partition coefficient (Wildman–Crippen LogP) is 5.36. The number of ether oxygens (including phenoxy) is 4. The van der Waals surface area contributed by atoms with Gasteiger partial charge in [0.2, 0.25) is 0 Å². The van der Waals surface area contributed by atoms with Crippen LogP contribution in [0.5, 0.6) is 0 Å². The van der Waals surface area contributed by atoms with Gasteiger partial charge in [-0.25, -0.2) is 9.59 Å². The third-order valence-electron chi connectivity index (χ3n) is 9.36. The standard InChI is InChI=1S/C40H51N3O8/c1-26-34(24-43-21-9-12-33(43)37(46)51-40(2,3)4)49-38(50-35(26)30-17-15-29(25-44)16-18-30)31-19-13-28(14-20-31)23-41-39(47)42-32(36(45)48-5)22-27-10-7-6-8-11-27/h6-8,10-11,13-20,26,32-35,38,44H,9,12,21-25H2,1-5H3,(H2,41,42,47). The zero-order valence-electron chi connectivity index (χ0n) is 30.2. The Morgan fingerprint density at radius 3 is 2.24 bits per heavy atom. The van der Waals surface area contributed by atoms with Crippen molar-refractivity contribution in [3.8, 4) is 0 Å². The molecule has 2 fully saturated rings. The van der Waals surface area contributed by atoms with Crippen molar-refractivity contribution in [1.29, 1.82) is 0 Å². The first-order chi connectivity index (χ1) is 24.4. The van der Waals surface area contributed by atoms with Crippen LogP contribution in [0, 0.1) is 5.92 Å². The van der Waals surface area contributed by atoms with Crippen LogP contribution in [0.15, 0.2) is 78.9 Å². The number of benzene rings is 3. The van der Waals surface area contributed by atoms with E-state index >= 15 is 0 Å². The van der Waals surface area contributed by atoms with Crippen molar-refractivity contribution in [1.82, 2.24) is 15.5 Å². The zero-order valence-corrected chi connectivity index (χ0v) is 30.2. The lowest BCUT2D eigenvalue weighted by atomic mass is 9.90. The highest BCUT2D eigenvalue weighted by molar-refractivity contribution is 5.83. The summed E-state index contributed by atoms with van der Waals surface area (Å²) >= 11 is 0. The van der Waals surface area contributed by atoms with Crippen molar-refractivity contribution >= 4 is 18.0 Å². The molecule has 0 radical (unpaired) electrons. The van der Waals surface area contributed by atoms with Crippen LogP contribution in [-0.2, 0) is 48.1 Å². The maximum absolute atomic E-state index is 13.1. The van der Waals surface area contributed by atoms with Crippen LogP contribution >= 0.6 is 0 Å². The van der Waals surface area contributed by atoms with E-state index in [9.17, 15) is 19.5 Å². The molecular formula is C40H51N3O8. The summed E-state index contributed by atoms with van der Waals surface area (Å²) in [5, 5.41) is 15.2. The Bertz CT molecular complexity index is 1590. The van der Waals surface area contributed by atoms with Gasteiger partial charge in [-0.3, -0.25) is 9.69 Å². The summed E-state index contributed by atoms with van der Waals surface area (Å²) in [7, 11) is 1.30. The van der Waals surface area contributed by atoms with E-state index in [1.54, 1.807) is 0 Å². The largest absolute Gasteiger partial charge is 0.467 e. The molecule has 0 spiro atoms. The van der Waals surface area contributed by atoms with Crippen molar-refractivity contribution in [3.05, 3.63) is 107 Å². The Hall–Kier alpha value is -4.29. The highest BCUT2D eigenvalue weighted by Crippen LogP contribution is 2.42. The van der Waals surface area contributed by atoms with Crippen LogP contribution < -0.4 is 10.6 Å². The van der Waals surface area contributed by atoms with E-state index in [-0.39, 0.29) is 43.3 Å². The molecule has 2 aliphatic rings. The highest BCUT2D eigenvalue weighted by atomic mass is 16.7. The summed E-state index contributed by atoms with van der Waals surface area (Å²) in [5.41, 5.74) is 3.80. The van der Waals surface area contributed by atoms with E-state index < -0.39 is 29.9 Å². The number of aliphatic hydroxyl groups excluding tert-OH is 1. The van der Waals surface area contributed by atoms with E-state index in [4.69, 9.17) is 18.9 Å². The van der Waals surface area contributed by atoms with Crippen molar-refractivity contribution in [3.63, 3.8) is 0 Å². The average molecular weight is 702 g/mol. The van der Waals surface area contributed by atoms with Crippen molar-refractivity contribution in [2.24, 2.45) is 5.92 Å². The summed E-state index contributed by atoms with van der Waals surface area (Å²) in [5.74, 6) is -0.771. The molecule has 0 aliphatic carbocycles. The minimum absolute atomic E-state index is 0.0425. The molecule has 6 atom stereocenters. The number of esters is 2.